The van der Waals surface area contributed by atoms with Gasteiger partial charge in [0.15, 0.2) is 0 Å². The van der Waals surface area contributed by atoms with Gasteiger partial charge in [0.1, 0.15) is 5.82 Å². The van der Waals surface area contributed by atoms with Crippen LogP contribution >= 0.6 is 0 Å². The highest BCUT2D eigenvalue weighted by molar-refractivity contribution is 6.03. The molecule has 20 heavy (non-hydrogen) atoms. The molecule has 0 unspecified atom stereocenters. The van der Waals surface area contributed by atoms with Crippen molar-refractivity contribution in [2.24, 2.45) is 0 Å². The Kier molecular flexibility index (Phi) is 2.86. The molecule has 6 nitrogen and oxygen atoms in total. The summed E-state index contributed by atoms with van der Waals surface area (Å²) in [4.78, 5) is 20.0. The number of hydrogen-bond acceptors (Lipinski definition) is 4. The standard InChI is InChI=1S/C13H10FN5O/c1-8-6-7-15-13-17-12(18-19(8)13)16-11(20)9-4-2-3-5-10(9)14/h2-7H,1H3,(H,16,18,20). The van der Waals surface area contributed by atoms with Crippen molar-refractivity contribution in [2.75, 3.05) is 5.32 Å². The first-order valence-corrected chi connectivity index (χ1v) is 5.89. The number of halogens is 1. The Morgan fingerprint density at radius 3 is 2.85 bits per heavy atom. The summed E-state index contributed by atoms with van der Waals surface area (Å²) in [6.07, 6.45) is 1.60. The Morgan fingerprint density at radius 1 is 1.30 bits per heavy atom. The van der Waals surface area contributed by atoms with Gasteiger partial charge in [-0.1, -0.05) is 12.1 Å². The van der Waals surface area contributed by atoms with Gasteiger partial charge in [-0.3, -0.25) is 10.1 Å². The molecule has 0 aliphatic rings. The summed E-state index contributed by atoms with van der Waals surface area (Å²) in [5.41, 5.74) is 0.768. The lowest BCUT2D eigenvalue weighted by atomic mass is 10.2. The highest BCUT2D eigenvalue weighted by atomic mass is 19.1. The Labute approximate surface area is 113 Å². The summed E-state index contributed by atoms with van der Waals surface area (Å²) < 4.78 is 15.0. The second-order valence-electron chi connectivity index (χ2n) is 4.17. The third kappa shape index (κ3) is 2.09. The minimum absolute atomic E-state index is 0.0592. The van der Waals surface area contributed by atoms with Crippen molar-refractivity contribution in [3.8, 4) is 0 Å². The van der Waals surface area contributed by atoms with Crippen molar-refractivity contribution in [3.63, 3.8) is 0 Å². The van der Waals surface area contributed by atoms with Crippen LogP contribution in [0.2, 0.25) is 0 Å². The molecule has 0 saturated carbocycles. The van der Waals surface area contributed by atoms with Crippen LogP contribution in [0.3, 0.4) is 0 Å². The van der Waals surface area contributed by atoms with E-state index in [-0.39, 0.29) is 11.5 Å². The van der Waals surface area contributed by atoms with Crippen molar-refractivity contribution in [2.45, 2.75) is 6.92 Å². The van der Waals surface area contributed by atoms with Gasteiger partial charge in [0.05, 0.1) is 5.56 Å². The van der Waals surface area contributed by atoms with E-state index in [9.17, 15) is 9.18 Å². The van der Waals surface area contributed by atoms with Gasteiger partial charge in [0.25, 0.3) is 17.6 Å². The third-order valence-electron chi connectivity index (χ3n) is 2.77. The Balaban J connectivity index is 1.92. The van der Waals surface area contributed by atoms with Gasteiger partial charge >= 0.3 is 0 Å². The average molecular weight is 271 g/mol. The Hall–Kier alpha value is -2.83. The number of fused-ring (bicyclic) bond motifs is 1. The summed E-state index contributed by atoms with van der Waals surface area (Å²) >= 11 is 0. The van der Waals surface area contributed by atoms with Crippen molar-refractivity contribution < 1.29 is 9.18 Å². The zero-order valence-electron chi connectivity index (χ0n) is 10.5. The van der Waals surface area contributed by atoms with Crippen LogP contribution in [0, 0.1) is 12.7 Å². The van der Waals surface area contributed by atoms with Crippen molar-refractivity contribution in [3.05, 3.63) is 53.6 Å². The van der Waals surface area contributed by atoms with Crippen LogP contribution in [0.5, 0.6) is 0 Å². The predicted molar refractivity (Wildman–Crippen MR) is 69.9 cm³/mol. The smallest absolute Gasteiger partial charge is 0.261 e. The maximum absolute atomic E-state index is 13.5. The minimum Gasteiger partial charge on any atom is -0.289 e. The van der Waals surface area contributed by atoms with Gasteiger partial charge in [-0.2, -0.15) is 9.50 Å². The molecule has 100 valence electrons. The molecule has 0 saturated heterocycles. The van der Waals surface area contributed by atoms with E-state index in [1.54, 1.807) is 18.3 Å². The maximum Gasteiger partial charge on any atom is 0.261 e. The number of rotatable bonds is 2. The predicted octanol–water partition coefficient (Wildman–Crippen LogP) is 1.82. The van der Waals surface area contributed by atoms with E-state index >= 15 is 0 Å². The summed E-state index contributed by atoms with van der Waals surface area (Å²) in [6.45, 7) is 1.84. The van der Waals surface area contributed by atoms with Crippen molar-refractivity contribution in [1.82, 2.24) is 19.6 Å². The molecule has 0 fully saturated rings. The third-order valence-corrected chi connectivity index (χ3v) is 2.77. The number of amides is 1. The van der Waals surface area contributed by atoms with Gasteiger partial charge in [-0.15, -0.1) is 5.10 Å². The number of carbonyl (C=O) groups is 1. The topological polar surface area (TPSA) is 72.2 Å². The number of aromatic nitrogens is 4. The fourth-order valence-electron chi connectivity index (χ4n) is 1.77. The first kappa shape index (κ1) is 12.2. The molecule has 3 aromatic rings. The zero-order valence-corrected chi connectivity index (χ0v) is 10.5. The van der Waals surface area contributed by atoms with Gasteiger partial charge in [0.2, 0.25) is 0 Å². The lowest BCUT2D eigenvalue weighted by molar-refractivity contribution is 0.102. The number of hydrogen-bond donors (Lipinski definition) is 1. The van der Waals surface area contributed by atoms with E-state index in [2.05, 4.69) is 20.4 Å². The van der Waals surface area contributed by atoms with Gasteiger partial charge in [-0.05, 0) is 25.1 Å². The number of anilines is 1. The Morgan fingerprint density at radius 2 is 2.10 bits per heavy atom. The lowest BCUT2D eigenvalue weighted by Crippen LogP contribution is -2.14. The molecule has 1 amide bonds. The summed E-state index contributed by atoms with van der Waals surface area (Å²) in [5.74, 6) is -0.742. The van der Waals surface area contributed by atoms with Crippen LogP contribution in [0.4, 0.5) is 10.3 Å². The molecule has 3 rings (SSSR count). The average Bonchev–Trinajstić information content (AvgIpc) is 2.83. The van der Waals surface area contributed by atoms with E-state index in [4.69, 9.17) is 0 Å². The SMILES string of the molecule is Cc1ccnc2nc(NC(=O)c3ccccc3F)nn12. The number of benzene rings is 1. The van der Waals surface area contributed by atoms with Gasteiger partial charge < -0.3 is 0 Å². The van der Waals surface area contributed by atoms with Crippen molar-refractivity contribution >= 4 is 17.6 Å². The molecular formula is C13H10FN5O. The Bertz CT molecular complexity index is 798. The van der Waals surface area contributed by atoms with E-state index in [1.165, 1.54) is 22.7 Å². The molecule has 0 bridgehead atoms. The molecule has 0 radical (unpaired) electrons. The lowest BCUT2D eigenvalue weighted by Gasteiger charge is -2.01. The zero-order chi connectivity index (χ0) is 14.1. The second-order valence-corrected chi connectivity index (χ2v) is 4.17. The van der Waals surface area contributed by atoms with Gasteiger partial charge in [0, 0.05) is 11.9 Å². The van der Waals surface area contributed by atoms with E-state index in [0.717, 1.165) is 5.69 Å². The summed E-state index contributed by atoms with van der Waals surface area (Å²) in [6, 6.07) is 7.48. The first-order valence-electron chi connectivity index (χ1n) is 5.89. The first-order chi connectivity index (χ1) is 9.65. The van der Waals surface area contributed by atoms with Crippen LogP contribution in [0.15, 0.2) is 36.5 Å². The van der Waals surface area contributed by atoms with Crippen LogP contribution in [-0.2, 0) is 0 Å². The molecule has 1 N–H and O–H groups in total. The molecule has 0 aliphatic carbocycles. The van der Waals surface area contributed by atoms with Crippen LogP contribution in [0.25, 0.3) is 5.78 Å². The molecule has 7 heteroatoms. The molecule has 2 aromatic heterocycles. The largest absolute Gasteiger partial charge is 0.289 e. The maximum atomic E-state index is 13.5. The quantitative estimate of drug-likeness (QED) is 0.771. The second kappa shape index (κ2) is 4.69. The molecule has 0 aliphatic heterocycles. The van der Waals surface area contributed by atoms with Crippen LogP contribution in [-0.4, -0.2) is 25.5 Å². The fourth-order valence-corrected chi connectivity index (χ4v) is 1.77. The van der Waals surface area contributed by atoms with E-state index in [1.807, 2.05) is 6.92 Å². The van der Waals surface area contributed by atoms with Crippen LogP contribution < -0.4 is 5.32 Å². The fraction of sp³-hybridized carbons (Fsp3) is 0.0769. The molecule has 1 aromatic carbocycles. The van der Waals surface area contributed by atoms with Gasteiger partial charge in [-0.25, -0.2) is 9.37 Å². The number of aryl methyl sites for hydroxylation is 1. The highest BCUT2D eigenvalue weighted by Crippen LogP contribution is 2.10. The van der Waals surface area contributed by atoms with Crippen molar-refractivity contribution in [1.29, 1.82) is 0 Å². The highest BCUT2D eigenvalue weighted by Gasteiger charge is 2.14. The molecule has 0 atom stereocenters. The van der Waals surface area contributed by atoms with E-state index < -0.39 is 11.7 Å². The molecule has 0 spiro atoms. The summed E-state index contributed by atoms with van der Waals surface area (Å²) in [5, 5.41) is 6.55. The van der Waals surface area contributed by atoms with E-state index in [0.29, 0.717) is 5.78 Å². The molecular weight excluding hydrogens is 261 g/mol. The normalized spacial score (nSPS) is 10.7. The number of carbonyl (C=O) groups excluding carboxylic acids is 1. The molecule has 2 heterocycles. The number of nitrogens with zero attached hydrogens (tertiary/aromatic N) is 4. The van der Waals surface area contributed by atoms with Crippen LogP contribution in [0.1, 0.15) is 16.1 Å². The summed E-state index contributed by atoms with van der Waals surface area (Å²) in [7, 11) is 0. The monoisotopic (exact) mass is 271 g/mol. The minimum atomic E-state index is -0.600. The number of nitrogens with one attached hydrogen (secondary N) is 1.